The normalized spacial score (nSPS) is 23.2. The Hall–Kier alpha value is -0.710. The molecule has 0 radical (unpaired) electrons. The molecule has 3 unspecified atom stereocenters. The number of ether oxygens (including phenoxy) is 2. The molecule has 1 aliphatic rings. The summed E-state index contributed by atoms with van der Waals surface area (Å²) in [7, 11) is 1.75. The zero-order valence-electron chi connectivity index (χ0n) is 13.3. The Kier molecular flexibility index (Phi) is 6.87. The Morgan fingerprint density at radius 1 is 1.43 bits per heavy atom. The van der Waals surface area contributed by atoms with E-state index in [1.54, 1.807) is 7.11 Å². The summed E-state index contributed by atoms with van der Waals surface area (Å²) in [6, 6.07) is 8.66. The number of rotatable bonds is 8. The van der Waals surface area contributed by atoms with Crippen LogP contribution in [0.15, 0.2) is 24.3 Å². The van der Waals surface area contributed by atoms with Gasteiger partial charge in [-0.15, -0.1) is 0 Å². The minimum Gasteiger partial charge on any atom is -0.496 e. The van der Waals surface area contributed by atoms with Crippen LogP contribution in [0.5, 0.6) is 5.75 Å². The summed E-state index contributed by atoms with van der Waals surface area (Å²) in [5.74, 6) is 2.03. The Morgan fingerprint density at radius 2 is 2.24 bits per heavy atom. The maximum atomic E-state index is 5.66. The van der Waals surface area contributed by atoms with Gasteiger partial charge in [0.1, 0.15) is 5.75 Å². The third-order valence-corrected chi connectivity index (χ3v) is 5.51. The number of benzene rings is 1. The van der Waals surface area contributed by atoms with E-state index < -0.39 is 0 Å². The van der Waals surface area contributed by atoms with Gasteiger partial charge in [0.05, 0.1) is 13.2 Å². The number of thioether (sulfide) groups is 1. The highest BCUT2D eigenvalue weighted by Crippen LogP contribution is 2.32. The van der Waals surface area contributed by atoms with E-state index in [0.29, 0.717) is 17.4 Å². The van der Waals surface area contributed by atoms with Crippen LogP contribution >= 0.6 is 11.8 Å². The molecule has 118 valence electrons. The van der Waals surface area contributed by atoms with E-state index in [0.717, 1.165) is 37.5 Å². The number of methoxy groups -OCH3 is 1. The van der Waals surface area contributed by atoms with Gasteiger partial charge < -0.3 is 14.8 Å². The largest absolute Gasteiger partial charge is 0.496 e. The van der Waals surface area contributed by atoms with Crippen molar-refractivity contribution in [2.45, 2.75) is 44.1 Å². The molecule has 4 heteroatoms. The van der Waals surface area contributed by atoms with Crippen molar-refractivity contribution in [1.82, 2.24) is 5.32 Å². The van der Waals surface area contributed by atoms with Crippen LogP contribution in [0.3, 0.4) is 0 Å². The molecule has 1 heterocycles. The Bertz CT molecular complexity index is 427. The lowest BCUT2D eigenvalue weighted by molar-refractivity contribution is 0.127. The smallest absolute Gasteiger partial charge is 0.123 e. The van der Waals surface area contributed by atoms with Gasteiger partial charge in [0.15, 0.2) is 0 Å². The summed E-state index contributed by atoms with van der Waals surface area (Å²) in [4.78, 5) is 0. The lowest BCUT2D eigenvalue weighted by Gasteiger charge is -2.23. The van der Waals surface area contributed by atoms with E-state index in [1.165, 1.54) is 5.56 Å². The van der Waals surface area contributed by atoms with Gasteiger partial charge in [-0.3, -0.25) is 0 Å². The van der Waals surface area contributed by atoms with Gasteiger partial charge in [0.25, 0.3) is 0 Å². The first-order chi connectivity index (χ1) is 10.3. The van der Waals surface area contributed by atoms with Crippen LogP contribution in [-0.2, 0) is 4.74 Å². The molecule has 0 saturated carbocycles. The molecule has 3 nitrogen and oxygen atoms in total. The molecule has 2 rings (SSSR count). The van der Waals surface area contributed by atoms with Crippen LogP contribution in [0.25, 0.3) is 0 Å². The van der Waals surface area contributed by atoms with Crippen LogP contribution in [0.2, 0.25) is 0 Å². The van der Waals surface area contributed by atoms with E-state index in [4.69, 9.17) is 9.47 Å². The summed E-state index contributed by atoms with van der Waals surface area (Å²) in [5, 5.41) is 4.27. The van der Waals surface area contributed by atoms with Gasteiger partial charge in [0, 0.05) is 29.2 Å². The van der Waals surface area contributed by atoms with E-state index in [-0.39, 0.29) is 0 Å². The highest BCUT2D eigenvalue weighted by atomic mass is 32.2. The quantitative estimate of drug-likeness (QED) is 0.794. The Morgan fingerprint density at radius 3 is 2.90 bits per heavy atom. The number of hydrogen-bond acceptors (Lipinski definition) is 4. The van der Waals surface area contributed by atoms with Crippen molar-refractivity contribution in [2.24, 2.45) is 0 Å². The highest BCUT2D eigenvalue weighted by molar-refractivity contribution is 8.00. The first-order valence-corrected chi connectivity index (χ1v) is 8.90. The van der Waals surface area contributed by atoms with Gasteiger partial charge in [-0.05, 0) is 32.4 Å². The van der Waals surface area contributed by atoms with Crippen molar-refractivity contribution in [3.63, 3.8) is 0 Å². The first kappa shape index (κ1) is 16.7. The van der Waals surface area contributed by atoms with Crippen LogP contribution in [0.1, 0.15) is 38.3 Å². The molecule has 1 aliphatic heterocycles. The minimum atomic E-state index is 0.332. The van der Waals surface area contributed by atoms with Crippen LogP contribution in [0, 0.1) is 0 Å². The average molecular weight is 309 g/mol. The summed E-state index contributed by atoms with van der Waals surface area (Å²) in [5.41, 5.74) is 1.26. The molecule has 1 aromatic rings. The van der Waals surface area contributed by atoms with E-state index in [2.05, 4.69) is 31.3 Å². The van der Waals surface area contributed by atoms with E-state index in [1.807, 2.05) is 23.9 Å². The first-order valence-electron chi connectivity index (χ1n) is 7.85. The topological polar surface area (TPSA) is 30.5 Å². The molecular formula is C17H27NO2S. The summed E-state index contributed by atoms with van der Waals surface area (Å²) in [6.45, 7) is 6.31. The number of para-hydroxylation sites is 1. The maximum Gasteiger partial charge on any atom is 0.123 e. The van der Waals surface area contributed by atoms with E-state index >= 15 is 0 Å². The lowest BCUT2D eigenvalue weighted by Crippen LogP contribution is -2.26. The molecule has 0 amide bonds. The van der Waals surface area contributed by atoms with Crippen molar-refractivity contribution in [1.29, 1.82) is 0 Å². The third kappa shape index (κ3) is 4.63. The fourth-order valence-corrected chi connectivity index (χ4v) is 4.03. The van der Waals surface area contributed by atoms with Crippen LogP contribution < -0.4 is 10.1 Å². The van der Waals surface area contributed by atoms with Crippen molar-refractivity contribution in [3.05, 3.63) is 29.8 Å². The van der Waals surface area contributed by atoms with Crippen LogP contribution in [-0.4, -0.2) is 37.4 Å². The Labute approximate surface area is 132 Å². The third-order valence-electron chi connectivity index (χ3n) is 3.94. The predicted octanol–water partition coefficient (Wildman–Crippen LogP) is 3.65. The zero-order valence-corrected chi connectivity index (χ0v) is 14.1. The second-order valence-electron chi connectivity index (χ2n) is 5.49. The van der Waals surface area contributed by atoms with Crippen molar-refractivity contribution < 1.29 is 9.47 Å². The monoisotopic (exact) mass is 309 g/mol. The number of hydrogen-bond donors (Lipinski definition) is 1. The molecule has 1 fully saturated rings. The number of nitrogens with one attached hydrogen (secondary N) is 1. The molecule has 0 bridgehead atoms. The van der Waals surface area contributed by atoms with Gasteiger partial charge in [-0.2, -0.15) is 11.8 Å². The standard InChI is InChI=1S/C17H27NO2S/c1-4-10-18-15(12-21-17-9-11-20-13(17)2)14-7-5-6-8-16(14)19-3/h5-8,13,15,17-18H,4,9-12H2,1-3H3. The van der Waals surface area contributed by atoms with Crippen molar-refractivity contribution in [2.75, 3.05) is 26.0 Å². The molecule has 0 aromatic heterocycles. The second kappa shape index (κ2) is 8.66. The Balaban J connectivity index is 2.02. The SMILES string of the molecule is CCCNC(CSC1CCOC1C)c1ccccc1OC. The van der Waals surface area contributed by atoms with Gasteiger partial charge >= 0.3 is 0 Å². The molecule has 1 saturated heterocycles. The van der Waals surface area contributed by atoms with Crippen molar-refractivity contribution in [3.8, 4) is 5.75 Å². The van der Waals surface area contributed by atoms with E-state index in [9.17, 15) is 0 Å². The predicted molar refractivity (Wildman–Crippen MR) is 90.3 cm³/mol. The fourth-order valence-electron chi connectivity index (χ4n) is 2.68. The van der Waals surface area contributed by atoms with Crippen LogP contribution in [0.4, 0.5) is 0 Å². The van der Waals surface area contributed by atoms with Gasteiger partial charge in [-0.1, -0.05) is 25.1 Å². The van der Waals surface area contributed by atoms with Gasteiger partial charge in [-0.25, -0.2) is 0 Å². The lowest BCUT2D eigenvalue weighted by atomic mass is 10.1. The van der Waals surface area contributed by atoms with Crippen molar-refractivity contribution >= 4 is 11.8 Å². The second-order valence-corrected chi connectivity index (χ2v) is 6.76. The molecule has 0 spiro atoms. The molecule has 0 aliphatic carbocycles. The molecule has 21 heavy (non-hydrogen) atoms. The molecule has 1 N–H and O–H groups in total. The molecule has 3 atom stereocenters. The molecule has 1 aromatic carbocycles. The highest BCUT2D eigenvalue weighted by Gasteiger charge is 2.26. The maximum absolute atomic E-state index is 5.66. The molecular weight excluding hydrogens is 282 g/mol. The summed E-state index contributed by atoms with van der Waals surface area (Å²) in [6.07, 6.45) is 2.68. The summed E-state index contributed by atoms with van der Waals surface area (Å²) < 4.78 is 11.2. The summed E-state index contributed by atoms with van der Waals surface area (Å²) >= 11 is 2.02. The minimum absolute atomic E-state index is 0.332. The fraction of sp³-hybridized carbons (Fsp3) is 0.647. The average Bonchev–Trinajstić information content (AvgIpc) is 2.93. The van der Waals surface area contributed by atoms with Gasteiger partial charge in [0.2, 0.25) is 0 Å². The zero-order chi connectivity index (χ0) is 15.1.